The molecule has 0 aromatic rings. The maximum Gasteiger partial charge on any atom is 0.204 e. The molecule has 2 N–H and O–H groups in total. The van der Waals surface area contributed by atoms with E-state index in [9.17, 15) is 0 Å². The van der Waals surface area contributed by atoms with Gasteiger partial charge in [0.05, 0.1) is 0 Å². The van der Waals surface area contributed by atoms with Crippen molar-refractivity contribution >= 4 is 37.8 Å². The summed E-state index contributed by atoms with van der Waals surface area (Å²) in [6.07, 6.45) is 19.5. The number of nitrogens with two attached hydrogens (primary N) is 1. The number of amides is 1. The molecule has 2 nitrogen and oxygen atoms in total. The van der Waals surface area contributed by atoms with Crippen molar-refractivity contribution in [2.45, 2.75) is 138 Å². The summed E-state index contributed by atoms with van der Waals surface area (Å²) in [6, 6.07) is 0. The molecule has 218 valence electrons. The molecule has 3 unspecified atom stereocenters. The Kier molecular flexibility index (Phi) is 46.1. The minimum Gasteiger partial charge on any atom is -0.372 e. The number of primary amides is 1. The number of rotatable bonds is 8. The standard InChI is InChI=1S/C12H20ClI.C11H20.3C2H6.C2H4.CH3NO/c1-3-5-6-7-12(4-2)14-9-8-11(13)10-14;1-4-10-6-8-11(3,5-2)9-7-10;4*1-2;2-1-3/h8-10,12H,3-7H2,1-2H3;6,8,10H,4-5,7,9H2,1-3H3;3*1-2H3;1-2H2;1H,(H2,2,3). The van der Waals surface area contributed by atoms with Crippen LogP contribution in [0.5, 0.6) is 0 Å². The van der Waals surface area contributed by atoms with Crippen molar-refractivity contribution in [1.29, 1.82) is 0 Å². The van der Waals surface area contributed by atoms with Crippen LogP contribution in [0, 0.1) is 11.3 Å². The normalized spacial score (nSPS) is 20.2. The molecule has 1 heterocycles. The van der Waals surface area contributed by atoms with Gasteiger partial charge in [-0.25, -0.2) is 0 Å². The summed E-state index contributed by atoms with van der Waals surface area (Å²) in [5.74, 6) is 0.870. The number of allylic oxidation sites excluding steroid dienone is 4. The number of hydrogen-bond donors (Lipinski definition) is 1. The topological polar surface area (TPSA) is 43.1 Å². The molecule has 1 aliphatic heterocycles. The van der Waals surface area contributed by atoms with E-state index in [1.54, 1.807) is 0 Å². The molecule has 36 heavy (non-hydrogen) atoms. The summed E-state index contributed by atoms with van der Waals surface area (Å²) in [5, 5.41) is 0.990. The van der Waals surface area contributed by atoms with Crippen molar-refractivity contribution in [1.82, 2.24) is 0 Å². The summed E-state index contributed by atoms with van der Waals surface area (Å²) in [4.78, 5) is 8.58. The molecule has 1 amide bonds. The first-order chi connectivity index (χ1) is 17.4. The summed E-state index contributed by atoms with van der Waals surface area (Å²) in [7, 11) is 0. The number of carbonyl (C=O) groups is 1. The third kappa shape index (κ3) is 26.5. The molecule has 1 aliphatic carbocycles. The Morgan fingerprint density at radius 1 is 1.11 bits per heavy atom. The van der Waals surface area contributed by atoms with Gasteiger partial charge < -0.3 is 5.73 Å². The summed E-state index contributed by atoms with van der Waals surface area (Å²) in [6.45, 7) is 29.5. The fourth-order valence-corrected chi connectivity index (χ4v) is 9.43. The molecule has 0 radical (unpaired) electrons. The predicted octanol–water partition coefficient (Wildman–Crippen LogP) is 12.2. The van der Waals surface area contributed by atoms with E-state index in [1.165, 1.54) is 57.8 Å². The van der Waals surface area contributed by atoms with Crippen LogP contribution in [0.1, 0.15) is 134 Å². The molecule has 0 aromatic heterocycles. The van der Waals surface area contributed by atoms with E-state index in [0.29, 0.717) is 5.41 Å². The van der Waals surface area contributed by atoms with Crippen molar-refractivity contribution in [3.8, 4) is 0 Å². The van der Waals surface area contributed by atoms with Gasteiger partial charge in [0.1, 0.15) is 0 Å². The van der Waals surface area contributed by atoms with Gasteiger partial charge in [0, 0.05) is 0 Å². The maximum atomic E-state index is 8.58. The number of halogens is 2. The molecule has 0 saturated carbocycles. The molecule has 0 spiro atoms. The Labute approximate surface area is 241 Å². The van der Waals surface area contributed by atoms with Gasteiger partial charge in [0.25, 0.3) is 0 Å². The quantitative estimate of drug-likeness (QED) is 0.0925. The molecule has 0 fully saturated rings. The molecule has 0 aromatic carbocycles. The maximum absolute atomic E-state index is 8.58. The molecule has 0 bridgehead atoms. The van der Waals surface area contributed by atoms with Crippen LogP contribution in [-0.4, -0.2) is 10.3 Å². The molecular weight excluding hydrogens is 577 g/mol. The second-order valence-corrected chi connectivity index (χ2v) is 13.6. The molecular formula is C32H65ClINO. The summed E-state index contributed by atoms with van der Waals surface area (Å²) < 4.78 is 5.72. The van der Waals surface area contributed by atoms with Gasteiger partial charge in [-0.15, -0.1) is 13.2 Å². The van der Waals surface area contributed by atoms with E-state index in [2.05, 4.69) is 79.9 Å². The molecule has 4 heteroatoms. The third-order valence-corrected chi connectivity index (χ3v) is 12.4. The van der Waals surface area contributed by atoms with E-state index in [4.69, 9.17) is 16.4 Å². The van der Waals surface area contributed by atoms with E-state index in [0.717, 1.165) is 14.9 Å². The van der Waals surface area contributed by atoms with Gasteiger partial charge in [-0.1, -0.05) is 74.5 Å². The monoisotopic (exact) mass is 641 g/mol. The van der Waals surface area contributed by atoms with Gasteiger partial charge in [-0.05, 0) is 37.0 Å². The third-order valence-electron chi connectivity index (χ3n) is 5.71. The SMILES string of the molecule is C=C.CC.CC.CC.CCC1C=CC(C)(CC)CC1.CCCCCC(CC)I1C=CC(Cl)=C1.NC=O. The zero-order valence-corrected chi connectivity index (χ0v) is 29.1. The van der Waals surface area contributed by atoms with E-state index in [1.807, 2.05) is 41.5 Å². The van der Waals surface area contributed by atoms with Crippen LogP contribution in [0.4, 0.5) is 0 Å². The van der Waals surface area contributed by atoms with Crippen LogP contribution >= 0.6 is 31.4 Å². The minimum atomic E-state index is -0.947. The van der Waals surface area contributed by atoms with Crippen molar-refractivity contribution in [3.63, 3.8) is 0 Å². The van der Waals surface area contributed by atoms with Crippen LogP contribution in [0.25, 0.3) is 0 Å². The molecule has 3 atom stereocenters. The van der Waals surface area contributed by atoms with Gasteiger partial charge in [0.2, 0.25) is 6.41 Å². The van der Waals surface area contributed by atoms with Crippen molar-refractivity contribution in [2.75, 3.05) is 0 Å². The first-order valence-electron chi connectivity index (χ1n) is 14.4. The Balaban J connectivity index is -0.000000130. The van der Waals surface area contributed by atoms with Crippen LogP contribution in [0.15, 0.2) is 44.6 Å². The summed E-state index contributed by atoms with van der Waals surface area (Å²) >= 11 is 5.04. The predicted molar refractivity (Wildman–Crippen MR) is 181 cm³/mol. The fraction of sp³-hybridized carbons (Fsp3) is 0.719. The minimum absolute atomic E-state index is 0.250. The van der Waals surface area contributed by atoms with Gasteiger partial charge in [0.15, 0.2) is 0 Å². The average molecular weight is 642 g/mol. The molecule has 2 rings (SSSR count). The number of carbonyl (C=O) groups excluding carboxylic acids is 1. The molecule has 2 aliphatic rings. The second-order valence-electron chi connectivity index (χ2n) is 7.88. The smallest absolute Gasteiger partial charge is 0.204 e. The Morgan fingerprint density at radius 2 is 1.64 bits per heavy atom. The fourth-order valence-electron chi connectivity index (χ4n) is 3.34. The van der Waals surface area contributed by atoms with Crippen LogP contribution in [0.3, 0.4) is 0 Å². The Hall–Kier alpha value is -0.550. The van der Waals surface area contributed by atoms with E-state index < -0.39 is 19.8 Å². The number of unbranched alkanes of at least 4 members (excludes halogenated alkanes) is 2. The number of alkyl halides is 1. The zero-order chi connectivity index (χ0) is 29.4. The van der Waals surface area contributed by atoms with Crippen LogP contribution in [-0.2, 0) is 4.79 Å². The first-order valence-corrected chi connectivity index (χ1v) is 18.6. The van der Waals surface area contributed by atoms with E-state index >= 15 is 0 Å². The van der Waals surface area contributed by atoms with E-state index in [-0.39, 0.29) is 6.41 Å². The van der Waals surface area contributed by atoms with Gasteiger partial charge in [-0.2, -0.15) is 0 Å². The molecule has 0 saturated heterocycles. The Morgan fingerprint density at radius 3 is 1.94 bits per heavy atom. The summed E-state index contributed by atoms with van der Waals surface area (Å²) in [5.41, 5.74) is 4.69. The van der Waals surface area contributed by atoms with Crippen LogP contribution < -0.4 is 5.73 Å². The zero-order valence-electron chi connectivity index (χ0n) is 26.1. The van der Waals surface area contributed by atoms with Crippen LogP contribution in [0.2, 0.25) is 0 Å². The van der Waals surface area contributed by atoms with Crippen molar-refractivity contribution in [3.05, 3.63) is 44.6 Å². The number of hydrogen-bond acceptors (Lipinski definition) is 1. The second kappa shape index (κ2) is 36.6. The first kappa shape index (κ1) is 45.4. The van der Waals surface area contributed by atoms with Crippen molar-refractivity contribution in [2.24, 2.45) is 17.1 Å². The van der Waals surface area contributed by atoms with Gasteiger partial charge in [-0.3, -0.25) is 4.79 Å². The largest absolute Gasteiger partial charge is 0.372 e. The van der Waals surface area contributed by atoms with Gasteiger partial charge >= 0.3 is 101 Å². The average Bonchev–Trinajstić information content (AvgIpc) is 3.38. The Bertz CT molecular complexity index is 518. The van der Waals surface area contributed by atoms with Crippen molar-refractivity contribution < 1.29 is 4.79 Å².